The van der Waals surface area contributed by atoms with Crippen LogP contribution in [-0.2, 0) is 10.0 Å². The lowest BCUT2D eigenvalue weighted by Crippen LogP contribution is -2.13. The summed E-state index contributed by atoms with van der Waals surface area (Å²) in [5.74, 6) is -0.670. The Kier molecular flexibility index (Phi) is 5.58. The van der Waals surface area contributed by atoms with Crippen LogP contribution in [0.1, 0.15) is 10.4 Å². The number of halogens is 1. The summed E-state index contributed by atoms with van der Waals surface area (Å²) < 4.78 is 24.9. The first-order valence-electron chi connectivity index (χ1n) is 8.20. The molecule has 0 saturated carbocycles. The van der Waals surface area contributed by atoms with E-state index in [2.05, 4.69) is 10.0 Å². The van der Waals surface area contributed by atoms with Gasteiger partial charge in [-0.3, -0.25) is 9.52 Å². The molecule has 6 nitrogen and oxygen atoms in total. The number of anilines is 2. The molecule has 3 aromatic rings. The van der Waals surface area contributed by atoms with Crippen molar-refractivity contribution in [2.45, 2.75) is 0 Å². The van der Waals surface area contributed by atoms with Crippen LogP contribution in [0.3, 0.4) is 0 Å². The molecule has 3 N–H and O–H groups in total. The van der Waals surface area contributed by atoms with Crippen molar-refractivity contribution in [1.29, 1.82) is 0 Å². The predicted molar refractivity (Wildman–Crippen MR) is 111 cm³/mol. The summed E-state index contributed by atoms with van der Waals surface area (Å²) in [5.41, 5.74) is 2.38. The van der Waals surface area contributed by atoms with Gasteiger partial charge in [0.2, 0.25) is 10.0 Å². The standard InChI is InChI=1S/C20H17ClN2O4S/c1-28(26,27)23-18-12-15(8-10-19(18)24)22-20(25)14-7-9-16(17(21)11-14)13-5-3-2-4-6-13/h2-12,23-24H,1H3,(H,22,25). The van der Waals surface area contributed by atoms with E-state index < -0.39 is 15.9 Å². The maximum absolute atomic E-state index is 12.5. The molecule has 0 heterocycles. The third kappa shape index (κ3) is 4.82. The minimum atomic E-state index is -3.57. The van der Waals surface area contributed by atoms with Gasteiger partial charge in [-0.05, 0) is 35.9 Å². The topological polar surface area (TPSA) is 95.5 Å². The SMILES string of the molecule is CS(=O)(=O)Nc1cc(NC(=O)c2ccc(-c3ccccc3)c(Cl)c2)ccc1O. The zero-order chi connectivity index (χ0) is 20.3. The predicted octanol–water partition coefficient (Wildman–Crippen LogP) is 4.34. The molecule has 8 heteroatoms. The van der Waals surface area contributed by atoms with Crippen molar-refractivity contribution >= 4 is 38.9 Å². The van der Waals surface area contributed by atoms with Crippen LogP contribution in [0.4, 0.5) is 11.4 Å². The van der Waals surface area contributed by atoms with E-state index in [1.807, 2.05) is 30.3 Å². The molecular formula is C20H17ClN2O4S. The molecule has 0 bridgehead atoms. The Morgan fingerprint density at radius 2 is 1.71 bits per heavy atom. The summed E-state index contributed by atoms with van der Waals surface area (Å²) in [6.07, 6.45) is 0.966. The quantitative estimate of drug-likeness (QED) is 0.426. The van der Waals surface area contributed by atoms with Crippen LogP contribution in [-0.4, -0.2) is 25.7 Å². The van der Waals surface area contributed by atoms with Gasteiger partial charge in [0, 0.05) is 21.8 Å². The highest BCUT2D eigenvalue weighted by Crippen LogP contribution is 2.30. The Labute approximate surface area is 167 Å². The van der Waals surface area contributed by atoms with E-state index in [0.29, 0.717) is 16.3 Å². The lowest BCUT2D eigenvalue weighted by atomic mass is 10.0. The third-order valence-corrected chi connectivity index (χ3v) is 4.77. The van der Waals surface area contributed by atoms with Crippen LogP contribution in [0.15, 0.2) is 66.7 Å². The van der Waals surface area contributed by atoms with E-state index in [-0.39, 0.29) is 11.4 Å². The van der Waals surface area contributed by atoms with Gasteiger partial charge in [-0.15, -0.1) is 0 Å². The highest BCUT2D eigenvalue weighted by atomic mass is 35.5. The number of carbonyl (C=O) groups excluding carboxylic acids is 1. The van der Waals surface area contributed by atoms with E-state index in [4.69, 9.17) is 11.6 Å². The van der Waals surface area contributed by atoms with E-state index in [1.165, 1.54) is 18.2 Å². The van der Waals surface area contributed by atoms with Gasteiger partial charge >= 0.3 is 0 Å². The van der Waals surface area contributed by atoms with E-state index in [9.17, 15) is 18.3 Å². The van der Waals surface area contributed by atoms with Gasteiger partial charge in [0.05, 0.1) is 11.9 Å². The number of phenolic OH excluding ortho intramolecular Hbond substituents is 1. The zero-order valence-electron chi connectivity index (χ0n) is 14.8. The highest BCUT2D eigenvalue weighted by molar-refractivity contribution is 7.92. The average molecular weight is 417 g/mol. The average Bonchev–Trinajstić information content (AvgIpc) is 2.64. The van der Waals surface area contributed by atoms with E-state index in [0.717, 1.165) is 17.4 Å². The fourth-order valence-electron chi connectivity index (χ4n) is 2.61. The van der Waals surface area contributed by atoms with Gasteiger partial charge in [-0.2, -0.15) is 0 Å². The van der Waals surface area contributed by atoms with Gasteiger partial charge in [0.15, 0.2) is 0 Å². The summed E-state index contributed by atoms with van der Waals surface area (Å²) in [6.45, 7) is 0. The molecule has 0 radical (unpaired) electrons. The molecule has 1 amide bonds. The molecule has 0 atom stereocenters. The fourth-order valence-corrected chi connectivity index (χ4v) is 3.46. The second-order valence-corrected chi connectivity index (χ2v) is 8.28. The van der Waals surface area contributed by atoms with Crippen LogP contribution < -0.4 is 10.0 Å². The van der Waals surface area contributed by atoms with Crippen molar-refractivity contribution in [2.24, 2.45) is 0 Å². The second-order valence-electron chi connectivity index (χ2n) is 6.12. The largest absolute Gasteiger partial charge is 0.506 e. The van der Waals surface area contributed by atoms with Crippen LogP contribution >= 0.6 is 11.6 Å². The Morgan fingerprint density at radius 3 is 2.36 bits per heavy atom. The summed E-state index contributed by atoms with van der Waals surface area (Å²) in [4.78, 5) is 12.5. The molecule has 3 rings (SSSR count). The van der Waals surface area contributed by atoms with Gasteiger partial charge in [-0.25, -0.2) is 8.42 Å². The number of sulfonamides is 1. The van der Waals surface area contributed by atoms with Crippen molar-refractivity contribution in [3.63, 3.8) is 0 Å². The maximum Gasteiger partial charge on any atom is 0.255 e. The number of carbonyl (C=O) groups is 1. The number of rotatable bonds is 5. The van der Waals surface area contributed by atoms with E-state index >= 15 is 0 Å². The molecule has 0 fully saturated rings. The lowest BCUT2D eigenvalue weighted by molar-refractivity contribution is 0.102. The molecule has 144 valence electrons. The highest BCUT2D eigenvalue weighted by Gasteiger charge is 2.13. The number of amides is 1. The fraction of sp³-hybridized carbons (Fsp3) is 0.0500. The molecule has 28 heavy (non-hydrogen) atoms. The monoisotopic (exact) mass is 416 g/mol. The molecule has 0 aliphatic rings. The number of phenols is 1. The molecule has 0 aromatic heterocycles. The molecule has 0 spiro atoms. The first-order valence-corrected chi connectivity index (χ1v) is 10.5. The van der Waals surface area contributed by atoms with E-state index in [1.54, 1.807) is 18.2 Å². The molecule has 0 aliphatic carbocycles. The first kappa shape index (κ1) is 19.7. The molecule has 0 aliphatic heterocycles. The van der Waals surface area contributed by atoms with Crippen LogP contribution in [0.25, 0.3) is 11.1 Å². The Morgan fingerprint density at radius 1 is 1.00 bits per heavy atom. The summed E-state index contributed by atoms with van der Waals surface area (Å²) in [5, 5.41) is 12.9. The smallest absolute Gasteiger partial charge is 0.255 e. The Bertz CT molecular complexity index is 1130. The Balaban J connectivity index is 1.82. The molecule has 3 aromatic carbocycles. The number of aromatic hydroxyl groups is 1. The summed E-state index contributed by atoms with van der Waals surface area (Å²) >= 11 is 6.34. The van der Waals surface area contributed by atoms with Crippen molar-refractivity contribution < 1.29 is 18.3 Å². The molecule has 0 saturated heterocycles. The lowest BCUT2D eigenvalue weighted by Gasteiger charge is -2.11. The molecule has 0 unspecified atom stereocenters. The summed E-state index contributed by atoms with van der Waals surface area (Å²) in [6, 6.07) is 18.6. The Hall–Kier alpha value is -3.03. The van der Waals surface area contributed by atoms with Crippen molar-refractivity contribution in [3.8, 4) is 16.9 Å². The first-order chi connectivity index (χ1) is 13.2. The second kappa shape index (κ2) is 7.92. The number of nitrogens with one attached hydrogen (secondary N) is 2. The normalized spacial score (nSPS) is 11.1. The van der Waals surface area contributed by atoms with Crippen molar-refractivity contribution in [2.75, 3.05) is 16.3 Å². The number of hydrogen-bond acceptors (Lipinski definition) is 4. The van der Waals surface area contributed by atoms with Crippen molar-refractivity contribution in [1.82, 2.24) is 0 Å². The van der Waals surface area contributed by atoms with Gasteiger partial charge in [0.25, 0.3) is 5.91 Å². The van der Waals surface area contributed by atoms with Crippen molar-refractivity contribution in [3.05, 3.63) is 77.3 Å². The van der Waals surface area contributed by atoms with Crippen LogP contribution in [0, 0.1) is 0 Å². The number of hydrogen-bond donors (Lipinski definition) is 3. The minimum Gasteiger partial charge on any atom is -0.506 e. The summed E-state index contributed by atoms with van der Waals surface area (Å²) in [7, 11) is -3.57. The van der Waals surface area contributed by atoms with Gasteiger partial charge < -0.3 is 10.4 Å². The third-order valence-electron chi connectivity index (χ3n) is 3.87. The minimum absolute atomic E-state index is 0.0299. The van der Waals surface area contributed by atoms with Crippen LogP contribution in [0.5, 0.6) is 5.75 Å². The maximum atomic E-state index is 12.5. The number of benzene rings is 3. The van der Waals surface area contributed by atoms with Gasteiger partial charge in [-0.1, -0.05) is 48.0 Å². The van der Waals surface area contributed by atoms with Gasteiger partial charge in [0.1, 0.15) is 5.75 Å². The molecular weight excluding hydrogens is 400 g/mol. The van der Waals surface area contributed by atoms with Crippen LogP contribution in [0.2, 0.25) is 5.02 Å². The zero-order valence-corrected chi connectivity index (χ0v) is 16.4.